The Morgan fingerprint density at radius 1 is 0.746 bits per heavy atom. The number of nitrogens with two attached hydrogens (primary N) is 1. The number of anilines is 1. The Balaban J connectivity index is 1.84. The summed E-state index contributed by atoms with van der Waals surface area (Å²) in [5, 5.41) is 30.5. The van der Waals surface area contributed by atoms with Crippen molar-refractivity contribution in [1.29, 1.82) is 0 Å². The topological polar surface area (TPSA) is 286 Å². The Labute approximate surface area is 419 Å². The minimum absolute atomic E-state index is 0.0105. The smallest absolute Gasteiger partial charge is 0.462 e. The molecule has 19 nitrogen and oxygen atoms in total. The molecule has 71 heavy (non-hydrogen) atoms. The van der Waals surface area contributed by atoms with E-state index >= 15 is 0 Å². The van der Waals surface area contributed by atoms with E-state index in [1.807, 2.05) is 25.2 Å². The molecular weight excluding hydrogens is 961 g/mol. The number of hydrogen-bond acceptors (Lipinski definition) is 16. The van der Waals surface area contributed by atoms with Crippen molar-refractivity contribution in [2.45, 2.75) is 185 Å². The van der Waals surface area contributed by atoms with E-state index in [4.69, 9.17) is 29.0 Å². The Morgan fingerprint density at radius 2 is 1.31 bits per heavy atom. The van der Waals surface area contributed by atoms with Gasteiger partial charge in [-0.05, 0) is 89.5 Å². The predicted molar refractivity (Wildman–Crippen MR) is 271 cm³/mol. The lowest BCUT2D eigenvalue weighted by Gasteiger charge is -2.21. The maximum Gasteiger partial charge on any atom is 0.481 e. The van der Waals surface area contributed by atoms with Crippen LogP contribution in [0.25, 0.3) is 0 Å². The zero-order valence-electron chi connectivity index (χ0n) is 41.6. The number of aliphatic hydroxyl groups excluding tert-OH is 3. The summed E-state index contributed by atoms with van der Waals surface area (Å²) in [4.78, 5) is 61.8. The molecule has 2 heterocycles. The summed E-state index contributed by atoms with van der Waals surface area (Å²) in [6.07, 6.45) is 35.0. The second kappa shape index (κ2) is 37.8. The van der Waals surface area contributed by atoms with Crippen molar-refractivity contribution >= 4 is 33.4 Å². The highest BCUT2D eigenvalue weighted by molar-refractivity contribution is 7.61. The van der Waals surface area contributed by atoms with Gasteiger partial charge in [-0.3, -0.25) is 23.2 Å². The van der Waals surface area contributed by atoms with Gasteiger partial charge < -0.3 is 45.1 Å². The molecule has 2 unspecified atom stereocenters. The van der Waals surface area contributed by atoms with Crippen LogP contribution in [0.4, 0.5) is 5.82 Å². The molecule has 0 radical (unpaired) electrons. The fraction of sp³-hybridized carbons (Fsp3) is 0.640. The van der Waals surface area contributed by atoms with Gasteiger partial charge in [0.15, 0.2) is 12.3 Å². The maximum atomic E-state index is 12.8. The van der Waals surface area contributed by atoms with Crippen molar-refractivity contribution in [3.63, 3.8) is 0 Å². The molecular formula is C50H81N3O16P2. The van der Waals surface area contributed by atoms with Gasteiger partial charge in [-0.25, -0.2) is 13.9 Å². The van der Waals surface area contributed by atoms with Crippen LogP contribution in [0.5, 0.6) is 0 Å². The van der Waals surface area contributed by atoms with Crippen LogP contribution >= 0.6 is 15.6 Å². The summed E-state index contributed by atoms with van der Waals surface area (Å²) < 4.78 is 56.6. The first-order chi connectivity index (χ1) is 34.1. The summed E-state index contributed by atoms with van der Waals surface area (Å²) in [5.41, 5.74) is 4.57. The molecule has 7 N–H and O–H groups in total. The van der Waals surface area contributed by atoms with Crippen LogP contribution in [0, 0.1) is 0 Å². The first-order valence-corrected chi connectivity index (χ1v) is 28.0. The van der Waals surface area contributed by atoms with E-state index < -0.39 is 83.7 Å². The second-order valence-corrected chi connectivity index (χ2v) is 20.2. The summed E-state index contributed by atoms with van der Waals surface area (Å²) in [7, 11) is -10.9. The molecule has 0 aromatic carbocycles. The number of ether oxygens (including phenoxy) is 3. The van der Waals surface area contributed by atoms with Gasteiger partial charge in [-0.15, -0.1) is 0 Å². The van der Waals surface area contributed by atoms with Crippen molar-refractivity contribution in [2.75, 3.05) is 25.6 Å². The second-order valence-electron chi connectivity index (χ2n) is 17.1. The van der Waals surface area contributed by atoms with Crippen molar-refractivity contribution in [1.82, 2.24) is 9.55 Å². The summed E-state index contributed by atoms with van der Waals surface area (Å²) in [5.74, 6) is -1.41. The van der Waals surface area contributed by atoms with Crippen molar-refractivity contribution in [2.24, 2.45) is 0 Å². The fourth-order valence-corrected chi connectivity index (χ4v) is 8.97. The van der Waals surface area contributed by atoms with Crippen LogP contribution in [0.1, 0.15) is 155 Å². The van der Waals surface area contributed by atoms with Crippen molar-refractivity contribution < 1.29 is 71.4 Å². The maximum absolute atomic E-state index is 12.8. The largest absolute Gasteiger partial charge is 0.481 e. The van der Waals surface area contributed by atoms with Gasteiger partial charge in [0.1, 0.15) is 30.7 Å². The van der Waals surface area contributed by atoms with Gasteiger partial charge in [0.2, 0.25) is 0 Å². The number of esters is 2. The number of rotatable bonds is 40. The molecule has 0 amide bonds. The number of nitrogens with zero attached hydrogens (tertiary/aromatic N) is 2. The molecule has 1 aromatic rings. The van der Waals surface area contributed by atoms with Gasteiger partial charge in [-0.2, -0.15) is 9.29 Å². The number of carbonyl (C=O) groups excluding carboxylic acids is 2. The standard InChI is InChI=1S/C50H81N3O16P2/c1-3-5-6-7-8-9-10-11-12-17-20-23-26-29-32-35-46(56)67-42(38-64-45(55)34-31-28-25-22-19-16-14-13-15-18-21-24-27-30-33-41(54)4-2)39-65-70(60,61)69-71(62,63)66-40-43-47(57)48(58)49(68-43)53-37-36-44(51)52-50(53)59/h9-12,14-16,18,22,24-25,27,36-37,41-43,47-49,54,57-58H,3-8,13,17,19-21,23,26,28-35,38-40H2,1-2H3,(H,60,61)(H,62,63)(H2,51,52,59)/b10-9-,12-11-,16-14-,18-15-,25-22-,27-24-/t41-,42+,43+,47+,48+,49+/m0/s1. The molecule has 0 bridgehead atoms. The normalized spacial score (nSPS) is 20.2. The number of phosphoric acid groups is 2. The lowest BCUT2D eigenvalue weighted by molar-refractivity contribution is -0.161. The summed E-state index contributed by atoms with van der Waals surface area (Å²) in [6, 6.07) is 1.24. The molecule has 2 rings (SSSR count). The van der Waals surface area contributed by atoms with Gasteiger partial charge in [0.05, 0.1) is 19.3 Å². The van der Waals surface area contributed by atoms with Gasteiger partial charge in [-0.1, -0.05) is 125 Å². The summed E-state index contributed by atoms with van der Waals surface area (Å²) in [6.45, 7) is 1.77. The van der Waals surface area contributed by atoms with E-state index in [-0.39, 0.29) is 24.8 Å². The summed E-state index contributed by atoms with van der Waals surface area (Å²) >= 11 is 0. The van der Waals surface area contributed by atoms with Crippen LogP contribution in [0.2, 0.25) is 0 Å². The van der Waals surface area contributed by atoms with E-state index in [1.54, 1.807) is 0 Å². The van der Waals surface area contributed by atoms with Crippen LogP contribution in [-0.2, 0) is 46.3 Å². The number of aliphatic hydroxyl groups is 3. The average Bonchev–Trinajstić information content (AvgIpc) is 3.61. The monoisotopic (exact) mass is 1040 g/mol. The molecule has 1 fully saturated rings. The van der Waals surface area contributed by atoms with Crippen LogP contribution in [-0.4, -0.2) is 96.9 Å². The predicted octanol–water partition coefficient (Wildman–Crippen LogP) is 9.08. The van der Waals surface area contributed by atoms with E-state index in [2.05, 4.69) is 70.9 Å². The first-order valence-electron chi connectivity index (χ1n) is 25.0. The number of aromatic nitrogens is 2. The number of carbonyl (C=O) groups is 2. The third-order valence-corrected chi connectivity index (χ3v) is 13.6. The number of unbranched alkanes of at least 4 members (excludes halogenated alkanes) is 10. The van der Waals surface area contributed by atoms with Gasteiger partial charge >= 0.3 is 33.3 Å². The number of allylic oxidation sites excluding steroid dienone is 12. The molecule has 0 saturated carbocycles. The highest BCUT2D eigenvalue weighted by atomic mass is 31.3. The minimum Gasteiger partial charge on any atom is -0.462 e. The van der Waals surface area contributed by atoms with Crippen LogP contribution < -0.4 is 11.4 Å². The molecule has 21 heteroatoms. The Morgan fingerprint density at radius 3 is 1.94 bits per heavy atom. The van der Waals surface area contributed by atoms with Crippen LogP contribution in [0.3, 0.4) is 0 Å². The third kappa shape index (κ3) is 30.7. The highest BCUT2D eigenvalue weighted by Crippen LogP contribution is 2.60. The number of nitrogen functional groups attached to an aromatic ring is 1. The average molecular weight is 1040 g/mol. The Hall–Kier alpha value is -3.84. The van der Waals surface area contributed by atoms with E-state index in [0.717, 1.165) is 87.8 Å². The zero-order valence-corrected chi connectivity index (χ0v) is 43.4. The quantitative estimate of drug-likeness (QED) is 0.0117. The minimum atomic E-state index is -5.45. The molecule has 1 aromatic heterocycles. The van der Waals surface area contributed by atoms with Crippen LogP contribution in [0.15, 0.2) is 90.0 Å². The van der Waals surface area contributed by atoms with E-state index in [9.17, 15) is 48.6 Å². The number of hydrogen-bond donors (Lipinski definition) is 6. The molecule has 8 atom stereocenters. The van der Waals surface area contributed by atoms with E-state index in [1.165, 1.54) is 31.7 Å². The van der Waals surface area contributed by atoms with Crippen molar-refractivity contribution in [3.05, 3.63) is 95.7 Å². The SMILES string of the molecule is CCCCCC/C=C\C=C/CCCCCCCC(=O)O[C@H](COC(=O)CCC/C=C\C/C=C\C/C=C\C/C=C\CC[C@@H](O)CC)COP(=O)(O)OP(=O)(O)OC[C@H]1O[C@@H](n2ccc(N)nc2=O)[C@H](O)[C@@H]1O. The van der Waals surface area contributed by atoms with Gasteiger partial charge in [0, 0.05) is 19.0 Å². The third-order valence-electron chi connectivity index (χ3n) is 11.0. The molecule has 1 saturated heterocycles. The Kier molecular flexibility index (Phi) is 33.7. The molecule has 1 aliphatic heterocycles. The fourth-order valence-electron chi connectivity index (χ4n) is 6.86. The van der Waals surface area contributed by atoms with Crippen molar-refractivity contribution in [3.8, 4) is 0 Å². The van der Waals surface area contributed by atoms with Gasteiger partial charge in [0.25, 0.3) is 0 Å². The Bertz CT molecular complexity index is 1990. The highest BCUT2D eigenvalue weighted by Gasteiger charge is 2.46. The lowest BCUT2D eigenvalue weighted by atomic mass is 10.1. The molecule has 1 aliphatic rings. The lowest BCUT2D eigenvalue weighted by Crippen LogP contribution is -2.36. The number of phosphoric ester groups is 2. The zero-order chi connectivity index (χ0) is 52.2. The first kappa shape index (κ1) is 63.3. The molecule has 402 valence electrons. The molecule has 0 spiro atoms. The van der Waals surface area contributed by atoms with E-state index in [0.29, 0.717) is 19.3 Å². The molecule has 0 aliphatic carbocycles.